The van der Waals surface area contributed by atoms with Gasteiger partial charge in [-0.2, -0.15) is 0 Å². The summed E-state index contributed by atoms with van der Waals surface area (Å²) in [6, 6.07) is 8.80. The zero-order valence-electron chi connectivity index (χ0n) is 10.9. The maximum atomic E-state index is 4.34. The SMILES string of the molecule is Cc1ncsc1CCC1(c2ccc(Br)cc2)CNC1. The lowest BCUT2D eigenvalue weighted by molar-refractivity contribution is 0.258. The van der Waals surface area contributed by atoms with Gasteiger partial charge < -0.3 is 5.32 Å². The first-order chi connectivity index (χ1) is 9.20. The second-order valence-electron chi connectivity index (χ2n) is 5.25. The maximum Gasteiger partial charge on any atom is 0.0797 e. The summed E-state index contributed by atoms with van der Waals surface area (Å²) in [5.74, 6) is 0. The van der Waals surface area contributed by atoms with E-state index in [1.54, 1.807) is 11.3 Å². The van der Waals surface area contributed by atoms with Crippen molar-refractivity contribution in [3.05, 3.63) is 50.4 Å². The van der Waals surface area contributed by atoms with Gasteiger partial charge in [0.25, 0.3) is 0 Å². The lowest BCUT2D eigenvalue weighted by atomic mass is 9.72. The van der Waals surface area contributed by atoms with Gasteiger partial charge in [0.1, 0.15) is 0 Å². The van der Waals surface area contributed by atoms with Crippen LogP contribution in [0.25, 0.3) is 0 Å². The number of aryl methyl sites for hydroxylation is 2. The highest BCUT2D eigenvalue weighted by Crippen LogP contribution is 2.34. The number of aromatic nitrogens is 1. The van der Waals surface area contributed by atoms with Crippen LogP contribution in [0.1, 0.15) is 22.6 Å². The van der Waals surface area contributed by atoms with Crippen LogP contribution in [-0.4, -0.2) is 18.1 Å². The summed E-state index contributed by atoms with van der Waals surface area (Å²) in [7, 11) is 0. The van der Waals surface area contributed by atoms with Gasteiger partial charge in [-0.3, -0.25) is 0 Å². The fraction of sp³-hybridized carbons (Fsp3) is 0.400. The Morgan fingerprint density at radius 2 is 2.05 bits per heavy atom. The number of nitrogens with zero attached hydrogens (tertiary/aromatic N) is 1. The Morgan fingerprint density at radius 1 is 1.32 bits per heavy atom. The summed E-state index contributed by atoms with van der Waals surface area (Å²) in [6.45, 7) is 4.29. The van der Waals surface area contributed by atoms with Gasteiger partial charge in [0.2, 0.25) is 0 Å². The van der Waals surface area contributed by atoms with Crippen molar-refractivity contribution < 1.29 is 0 Å². The van der Waals surface area contributed by atoms with E-state index in [2.05, 4.69) is 57.4 Å². The van der Waals surface area contributed by atoms with Gasteiger partial charge in [-0.15, -0.1) is 11.3 Å². The number of rotatable bonds is 4. The van der Waals surface area contributed by atoms with E-state index in [1.807, 2.05) is 5.51 Å². The van der Waals surface area contributed by atoms with Crippen LogP contribution in [0.5, 0.6) is 0 Å². The molecule has 1 fully saturated rings. The Labute approximate surface area is 126 Å². The summed E-state index contributed by atoms with van der Waals surface area (Å²) in [5, 5.41) is 3.44. The first-order valence-electron chi connectivity index (χ1n) is 6.55. The summed E-state index contributed by atoms with van der Waals surface area (Å²) >= 11 is 5.29. The van der Waals surface area contributed by atoms with E-state index in [4.69, 9.17) is 0 Å². The van der Waals surface area contributed by atoms with Crippen molar-refractivity contribution in [2.75, 3.05) is 13.1 Å². The summed E-state index contributed by atoms with van der Waals surface area (Å²) in [4.78, 5) is 5.78. The van der Waals surface area contributed by atoms with E-state index in [-0.39, 0.29) is 0 Å². The van der Waals surface area contributed by atoms with Gasteiger partial charge >= 0.3 is 0 Å². The molecule has 2 heterocycles. The lowest BCUT2D eigenvalue weighted by Crippen LogP contribution is -2.57. The van der Waals surface area contributed by atoms with E-state index < -0.39 is 0 Å². The molecule has 2 aromatic rings. The quantitative estimate of drug-likeness (QED) is 0.920. The Morgan fingerprint density at radius 3 is 2.58 bits per heavy atom. The van der Waals surface area contributed by atoms with Crippen molar-refractivity contribution >= 4 is 27.3 Å². The molecule has 0 bridgehead atoms. The highest BCUT2D eigenvalue weighted by molar-refractivity contribution is 9.10. The second-order valence-corrected chi connectivity index (χ2v) is 7.11. The highest BCUT2D eigenvalue weighted by Gasteiger charge is 2.38. The number of halogens is 1. The van der Waals surface area contributed by atoms with E-state index in [0.29, 0.717) is 5.41 Å². The van der Waals surface area contributed by atoms with Gasteiger partial charge in [0, 0.05) is 27.9 Å². The fourth-order valence-electron chi connectivity index (χ4n) is 2.67. The predicted octanol–water partition coefficient (Wildman–Crippen LogP) is 3.69. The van der Waals surface area contributed by atoms with Crippen LogP contribution in [0.4, 0.5) is 0 Å². The lowest BCUT2D eigenvalue weighted by Gasteiger charge is -2.43. The molecule has 0 unspecified atom stereocenters. The van der Waals surface area contributed by atoms with Gasteiger partial charge in [-0.25, -0.2) is 4.98 Å². The van der Waals surface area contributed by atoms with Crippen molar-refractivity contribution in [2.45, 2.75) is 25.2 Å². The molecule has 19 heavy (non-hydrogen) atoms. The van der Waals surface area contributed by atoms with Crippen LogP contribution < -0.4 is 5.32 Å². The van der Waals surface area contributed by atoms with Crippen LogP contribution in [0.2, 0.25) is 0 Å². The summed E-state index contributed by atoms with van der Waals surface area (Å²) < 4.78 is 1.15. The molecular formula is C15H17BrN2S. The Balaban J connectivity index is 1.76. The van der Waals surface area contributed by atoms with Crippen LogP contribution in [-0.2, 0) is 11.8 Å². The zero-order chi connectivity index (χ0) is 13.3. The molecule has 1 N–H and O–H groups in total. The molecule has 0 aliphatic carbocycles. The average Bonchev–Trinajstić information content (AvgIpc) is 2.76. The van der Waals surface area contributed by atoms with Crippen molar-refractivity contribution in [3.8, 4) is 0 Å². The number of hydrogen-bond donors (Lipinski definition) is 1. The van der Waals surface area contributed by atoms with E-state index in [1.165, 1.54) is 22.6 Å². The molecule has 1 aromatic carbocycles. The van der Waals surface area contributed by atoms with Crippen molar-refractivity contribution in [2.24, 2.45) is 0 Å². The summed E-state index contributed by atoms with van der Waals surface area (Å²) in [5.41, 5.74) is 4.92. The molecular weight excluding hydrogens is 320 g/mol. The molecule has 0 amide bonds. The molecule has 0 radical (unpaired) electrons. The van der Waals surface area contributed by atoms with Gasteiger partial charge in [0.15, 0.2) is 0 Å². The third-order valence-electron chi connectivity index (χ3n) is 4.06. The third-order valence-corrected chi connectivity index (χ3v) is 5.58. The molecule has 100 valence electrons. The summed E-state index contributed by atoms with van der Waals surface area (Å²) in [6.07, 6.45) is 2.33. The van der Waals surface area contributed by atoms with Crippen LogP contribution in [0.15, 0.2) is 34.2 Å². The van der Waals surface area contributed by atoms with E-state index in [0.717, 1.165) is 24.0 Å². The largest absolute Gasteiger partial charge is 0.315 e. The van der Waals surface area contributed by atoms with Gasteiger partial charge in [0.05, 0.1) is 11.2 Å². The Hall–Kier alpha value is -0.710. The normalized spacial score (nSPS) is 17.2. The molecule has 1 aliphatic rings. The number of nitrogens with one attached hydrogen (secondary N) is 1. The molecule has 4 heteroatoms. The average molecular weight is 337 g/mol. The fourth-order valence-corrected chi connectivity index (χ4v) is 3.72. The first kappa shape index (κ1) is 13.3. The van der Waals surface area contributed by atoms with Gasteiger partial charge in [-0.1, -0.05) is 28.1 Å². The molecule has 0 saturated carbocycles. The van der Waals surface area contributed by atoms with Crippen molar-refractivity contribution in [1.82, 2.24) is 10.3 Å². The number of hydrogen-bond acceptors (Lipinski definition) is 3. The highest BCUT2D eigenvalue weighted by atomic mass is 79.9. The minimum Gasteiger partial charge on any atom is -0.315 e. The van der Waals surface area contributed by atoms with Crippen molar-refractivity contribution in [3.63, 3.8) is 0 Å². The molecule has 3 rings (SSSR count). The third kappa shape index (κ3) is 2.62. The monoisotopic (exact) mass is 336 g/mol. The topological polar surface area (TPSA) is 24.9 Å². The maximum absolute atomic E-state index is 4.34. The Kier molecular flexibility index (Phi) is 3.74. The number of benzene rings is 1. The second kappa shape index (κ2) is 5.35. The van der Waals surface area contributed by atoms with Crippen molar-refractivity contribution in [1.29, 1.82) is 0 Å². The van der Waals surface area contributed by atoms with Gasteiger partial charge in [-0.05, 0) is 37.5 Å². The first-order valence-corrected chi connectivity index (χ1v) is 8.23. The Bertz CT molecular complexity index is 558. The molecule has 1 saturated heterocycles. The zero-order valence-corrected chi connectivity index (χ0v) is 13.4. The molecule has 2 nitrogen and oxygen atoms in total. The van der Waals surface area contributed by atoms with Crippen LogP contribution >= 0.6 is 27.3 Å². The van der Waals surface area contributed by atoms with E-state index >= 15 is 0 Å². The molecule has 0 atom stereocenters. The molecule has 1 aliphatic heterocycles. The molecule has 0 spiro atoms. The van der Waals surface area contributed by atoms with Crippen LogP contribution in [0.3, 0.4) is 0 Å². The minimum absolute atomic E-state index is 0.317. The number of thiazole rings is 1. The molecule has 1 aromatic heterocycles. The van der Waals surface area contributed by atoms with Crippen LogP contribution in [0, 0.1) is 6.92 Å². The smallest absolute Gasteiger partial charge is 0.0797 e. The predicted molar refractivity (Wildman–Crippen MR) is 83.9 cm³/mol. The van der Waals surface area contributed by atoms with E-state index in [9.17, 15) is 0 Å². The standard InChI is InChI=1S/C15H17BrN2S/c1-11-14(19-10-18-11)6-7-15(8-17-9-15)12-2-4-13(16)5-3-12/h2-5,10,17H,6-9H2,1H3. The minimum atomic E-state index is 0.317.